The molecule has 0 bridgehead atoms. The molecule has 96 valence electrons. The lowest BCUT2D eigenvalue weighted by atomic mass is 10.2. The van der Waals surface area contributed by atoms with E-state index in [-0.39, 0.29) is 12.5 Å². The number of aliphatic hydroxyl groups is 1. The standard InChI is InChI=1S/C9H20N2O4S/c1-16(14,15)11-7-4-6-10-9(13)5-2-3-8-12/h11-12H,2-8H2,1H3,(H,10,13). The number of nitrogens with one attached hydrogen (secondary N) is 2. The highest BCUT2D eigenvalue weighted by atomic mass is 32.2. The number of sulfonamides is 1. The van der Waals surface area contributed by atoms with Crippen LogP contribution >= 0.6 is 0 Å². The van der Waals surface area contributed by atoms with Crippen LogP contribution in [0.2, 0.25) is 0 Å². The molecule has 0 aliphatic rings. The summed E-state index contributed by atoms with van der Waals surface area (Å²) < 4.78 is 23.7. The maximum absolute atomic E-state index is 11.1. The number of unbranched alkanes of at least 4 members (excludes halogenated alkanes) is 1. The number of hydrogen-bond acceptors (Lipinski definition) is 4. The van der Waals surface area contributed by atoms with Crippen molar-refractivity contribution in [2.24, 2.45) is 0 Å². The molecule has 16 heavy (non-hydrogen) atoms. The molecule has 0 atom stereocenters. The normalized spacial score (nSPS) is 11.4. The molecule has 0 aromatic rings. The van der Waals surface area contributed by atoms with Crippen LogP contribution in [0.5, 0.6) is 0 Å². The zero-order chi connectivity index (χ0) is 12.4. The van der Waals surface area contributed by atoms with Gasteiger partial charge in [-0.1, -0.05) is 0 Å². The Balaban J connectivity index is 3.34. The van der Waals surface area contributed by atoms with Gasteiger partial charge in [-0.15, -0.1) is 0 Å². The van der Waals surface area contributed by atoms with Crippen molar-refractivity contribution in [3.8, 4) is 0 Å². The van der Waals surface area contributed by atoms with E-state index < -0.39 is 10.0 Å². The molecule has 0 unspecified atom stereocenters. The Kier molecular flexibility index (Phi) is 8.14. The summed E-state index contributed by atoms with van der Waals surface area (Å²) in [6.07, 6.45) is 3.37. The lowest BCUT2D eigenvalue weighted by Crippen LogP contribution is -2.29. The third kappa shape index (κ3) is 11.4. The predicted molar refractivity (Wildman–Crippen MR) is 61.4 cm³/mol. The highest BCUT2D eigenvalue weighted by molar-refractivity contribution is 7.88. The van der Waals surface area contributed by atoms with Gasteiger partial charge in [-0.3, -0.25) is 4.79 Å². The second kappa shape index (κ2) is 8.49. The van der Waals surface area contributed by atoms with Crippen LogP contribution in [0, 0.1) is 0 Å². The quantitative estimate of drug-likeness (QED) is 0.468. The molecular weight excluding hydrogens is 232 g/mol. The SMILES string of the molecule is CS(=O)(=O)NCCCNC(=O)CCCCO. The number of carbonyl (C=O) groups is 1. The molecule has 6 nitrogen and oxygen atoms in total. The van der Waals surface area contributed by atoms with Crippen LogP contribution in [0.15, 0.2) is 0 Å². The summed E-state index contributed by atoms with van der Waals surface area (Å²) in [5.74, 6) is -0.0622. The van der Waals surface area contributed by atoms with Gasteiger partial charge in [-0.2, -0.15) is 0 Å². The van der Waals surface area contributed by atoms with Crippen LogP contribution in [-0.4, -0.2) is 45.4 Å². The Morgan fingerprint density at radius 2 is 1.88 bits per heavy atom. The highest BCUT2D eigenvalue weighted by Crippen LogP contribution is 1.93. The van der Waals surface area contributed by atoms with Crippen molar-refractivity contribution in [2.75, 3.05) is 26.0 Å². The van der Waals surface area contributed by atoms with E-state index in [0.29, 0.717) is 38.8 Å². The van der Waals surface area contributed by atoms with Crippen molar-refractivity contribution in [3.63, 3.8) is 0 Å². The third-order valence-corrected chi connectivity index (χ3v) is 2.58. The van der Waals surface area contributed by atoms with E-state index in [1.807, 2.05) is 0 Å². The van der Waals surface area contributed by atoms with Gasteiger partial charge in [0.1, 0.15) is 0 Å². The average Bonchev–Trinajstić information content (AvgIpc) is 2.16. The highest BCUT2D eigenvalue weighted by Gasteiger charge is 2.01. The summed E-state index contributed by atoms with van der Waals surface area (Å²) in [6, 6.07) is 0. The largest absolute Gasteiger partial charge is 0.396 e. The van der Waals surface area contributed by atoms with Gasteiger partial charge in [0.25, 0.3) is 0 Å². The number of amides is 1. The van der Waals surface area contributed by atoms with Crippen molar-refractivity contribution in [2.45, 2.75) is 25.7 Å². The first-order chi connectivity index (χ1) is 7.45. The van der Waals surface area contributed by atoms with E-state index >= 15 is 0 Å². The zero-order valence-electron chi connectivity index (χ0n) is 9.53. The van der Waals surface area contributed by atoms with E-state index in [2.05, 4.69) is 10.0 Å². The Hall–Kier alpha value is -0.660. The molecule has 3 N–H and O–H groups in total. The fraction of sp³-hybridized carbons (Fsp3) is 0.889. The molecule has 0 radical (unpaired) electrons. The molecule has 0 spiro atoms. The number of carbonyl (C=O) groups excluding carboxylic acids is 1. The van der Waals surface area contributed by atoms with Crippen LogP contribution in [-0.2, 0) is 14.8 Å². The zero-order valence-corrected chi connectivity index (χ0v) is 10.3. The summed E-state index contributed by atoms with van der Waals surface area (Å²) in [6.45, 7) is 0.891. The van der Waals surface area contributed by atoms with Crippen molar-refractivity contribution in [3.05, 3.63) is 0 Å². The van der Waals surface area contributed by atoms with E-state index in [9.17, 15) is 13.2 Å². The summed E-state index contributed by atoms with van der Waals surface area (Å²) >= 11 is 0. The van der Waals surface area contributed by atoms with Gasteiger partial charge in [0.15, 0.2) is 0 Å². The van der Waals surface area contributed by atoms with Gasteiger partial charge >= 0.3 is 0 Å². The smallest absolute Gasteiger partial charge is 0.219 e. The van der Waals surface area contributed by atoms with E-state index in [1.54, 1.807) is 0 Å². The minimum absolute atomic E-state index is 0.0622. The fourth-order valence-corrected chi connectivity index (χ4v) is 1.57. The van der Waals surface area contributed by atoms with Gasteiger partial charge < -0.3 is 10.4 Å². The van der Waals surface area contributed by atoms with Gasteiger partial charge in [-0.25, -0.2) is 13.1 Å². The molecule has 0 aliphatic heterocycles. The number of rotatable bonds is 9. The number of aliphatic hydroxyl groups excluding tert-OH is 1. The molecule has 0 aromatic carbocycles. The molecule has 0 aliphatic carbocycles. The summed E-state index contributed by atoms with van der Waals surface area (Å²) in [5.41, 5.74) is 0. The van der Waals surface area contributed by atoms with Crippen LogP contribution in [0.1, 0.15) is 25.7 Å². The predicted octanol–water partition coefficient (Wildman–Crippen LogP) is -0.795. The van der Waals surface area contributed by atoms with Crippen molar-refractivity contribution < 1.29 is 18.3 Å². The molecule has 0 saturated heterocycles. The molecule has 0 heterocycles. The van der Waals surface area contributed by atoms with Crippen molar-refractivity contribution in [1.82, 2.24) is 10.0 Å². The monoisotopic (exact) mass is 252 g/mol. The van der Waals surface area contributed by atoms with E-state index in [1.165, 1.54) is 0 Å². The Bertz CT molecular complexity index is 290. The minimum atomic E-state index is -3.13. The Morgan fingerprint density at radius 3 is 2.44 bits per heavy atom. The maximum atomic E-state index is 11.1. The molecule has 0 saturated carbocycles. The molecule has 1 amide bonds. The summed E-state index contributed by atoms with van der Waals surface area (Å²) in [4.78, 5) is 11.1. The number of hydrogen-bond donors (Lipinski definition) is 3. The molecular formula is C9H20N2O4S. The molecule has 0 rings (SSSR count). The van der Waals surface area contributed by atoms with Crippen LogP contribution in [0.4, 0.5) is 0 Å². The second-order valence-corrected chi connectivity index (χ2v) is 5.38. The van der Waals surface area contributed by atoms with Gasteiger partial charge in [0.2, 0.25) is 15.9 Å². The van der Waals surface area contributed by atoms with Gasteiger partial charge in [0, 0.05) is 26.1 Å². The van der Waals surface area contributed by atoms with Crippen molar-refractivity contribution in [1.29, 1.82) is 0 Å². The Morgan fingerprint density at radius 1 is 1.19 bits per heavy atom. The topological polar surface area (TPSA) is 95.5 Å². The first-order valence-corrected chi connectivity index (χ1v) is 7.17. The van der Waals surface area contributed by atoms with Gasteiger partial charge in [0.05, 0.1) is 6.26 Å². The first kappa shape index (κ1) is 15.3. The summed E-state index contributed by atoms with van der Waals surface area (Å²) in [5, 5.41) is 11.2. The lowest BCUT2D eigenvalue weighted by Gasteiger charge is -2.05. The Labute approximate surface area is 96.5 Å². The first-order valence-electron chi connectivity index (χ1n) is 5.28. The summed E-state index contributed by atoms with van der Waals surface area (Å²) in [7, 11) is -3.13. The van der Waals surface area contributed by atoms with E-state index in [4.69, 9.17) is 5.11 Å². The average molecular weight is 252 g/mol. The molecule has 0 aromatic heterocycles. The molecule has 7 heteroatoms. The van der Waals surface area contributed by atoms with Gasteiger partial charge in [-0.05, 0) is 19.3 Å². The molecule has 0 fully saturated rings. The third-order valence-electron chi connectivity index (χ3n) is 1.85. The van der Waals surface area contributed by atoms with E-state index in [0.717, 1.165) is 6.26 Å². The van der Waals surface area contributed by atoms with Crippen LogP contribution < -0.4 is 10.0 Å². The fourth-order valence-electron chi connectivity index (χ4n) is 1.06. The van der Waals surface area contributed by atoms with Crippen molar-refractivity contribution >= 4 is 15.9 Å². The minimum Gasteiger partial charge on any atom is -0.396 e. The van der Waals surface area contributed by atoms with Crippen LogP contribution in [0.3, 0.4) is 0 Å². The van der Waals surface area contributed by atoms with Crippen LogP contribution in [0.25, 0.3) is 0 Å². The second-order valence-electron chi connectivity index (χ2n) is 3.55. The maximum Gasteiger partial charge on any atom is 0.219 e. The lowest BCUT2D eigenvalue weighted by molar-refractivity contribution is -0.121.